The minimum atomic E-state index is -0.521. The quantitative estimate of drug-likeness (QED) is 0.338. The lowest BCUT2D eigenvalue weighted by Crippen LogP contribution is -2.32. The van der Waals surface area contributed by atoms with Gasteiger partial charge >= 0.3 is 0 Å². The third-order valence-corrected chi connectivity index (χ3v) is 2.20. The molecule has 3 N–H and O–H groups in total. The van der Waals surface area contributed by atoms with E-state index in [-0.39, 0.29) is 5.91 Å². The molecule has 0 fully saturated rings. The SMILES string of the molecule is CNC(=O)CCOCCNC(O)CCCOC. The van der Waals surface area contributed by atoms with Crippen molar-refractivity contribution in [2.24, 2.45) is 0 Å². The van der Waals surface area contributed by atoms with Crippen LogP contribution in [0.4, 0.5) is 0 Å². The number of ether oxygens (including phenoxy) is 2. The molecule has 0 aromatic rings. The van der Waals surface area contributed by atoms with Gasteiger partial charge in [-0.1, -0.05) is 0 Å². The van der Waals surface area contributed by atoms with E-state index in [1.54, 1.807) is 14.2 Å². The smallest absolute Gasteiger partial charge is 0.222 e. The number of aliphatic hydroxyl groups excluding tert-OH is 1. The molecule has 1 unspecified atom stereocenters. The fourth-order valence-electron chi connectivity index (χ4n) is 1.21. The van der Waals surface area contributed by atoms with Gasteiger partial charge in [-0.15, -0.1) is 0 Å². The van der Waals surface area contributed by atoms with E-state index >= 15 is 0 Å². The first kappa shape index (κ1) is 16.3. The van der Waals surface area contributed by atoms with E-state index in [4.69, 9.17) is 9.47 Å². The summed E-state index contributed by atoms with van der Waals surface area (Å²) in [5, 5.41) is 14.9. The molecule has 0 aliphatic rings. The number of methoxy groups -OCH3 is 1. The zero-order valence-corrected chi connectivity index (χ0v) is 10.7. The molecule has 0 aromatic carbocycles. The van der Waals surface area contributed by atoms with Gasteiger partial charge in [0.05, 0.1) is 13.2 Å². The Bertz CT molecular complexity index is 190. The molecule has 1 amide bonds. The molecule has 0 aliphatic heterocycles. The maximum atomic E-state index is 10.8. The molecule has 0 saturated carbocycles. The number of carbonyl (C=O) groups excluding carboxylic acids is 1. The monoisotopic (exact) mass is 248 g/mol. The Labute approximate surface area is 103 Å². The van der Waals surface area contributed by atoms with Crippen LogP contribution in [0.15, 0.2) is 0 Å². The first-order chi connectivity index (χ1) is 8.20. The summed E-state index contributed by atoms with van der Waals surface area (Å²) < 4.78 is 10.1. The van der Waals surface area contributed by atoms with Gasteiger partial charge < -0.3 is 19.9 Å². The van der Waals surface area contributed by atoms with Gasteiger partial charge in [-0.3, -0.25) is 10.1 Å². The third kappa shape index (κ3) is 11.6. The molecule has 0 radical (unpaired) electrons. The highest BCUT2D eigenvalue weighted by Gasteiger charge is 2.02. The molecule has 0 aromatic heterocycles. The highest BCUT2D eigenvalue weighted by molar-refractivity contribution is 5.75. The fourth-order valence-corrected chi connectivity index (χ4v) is 1.21. The van der Waals surface area contributed by atoms with Crippen LogP contribution in [0.3, 0.4) is 0 Å². The first-order valence-corrected chi connectivity index (χ1v) is 5.89. The summed E-state index contributed by atoms with van der Waals surface area (Å²) in [5.74, 6) is -0.0300. The molecule has 0 spiro atoms. The zero-order chi connectivity index (χ0) is 12.9. The van der Waals surface area contributed by atoms with E-state index in [1.165, 1.54) is 0 Å². The van der Waals surface area contributed by atoms with Crippen LogP contribution in [-0.4, -0.2) is 57.8 Å². The number of nitrogens with one attached hydrogen (secondary N) is 2. The second-order valence-electron chi connectivity index (χ2n) is 3.64. The molecule has 0 bridgehead atoms. The van der Waals surface area contributed by atoms with Crippen LogP contribution in [0.2, 0.25) is 0 Å². The van der Waals surface area contributed by atoms with Gasteiger partial charge in [-0.05, 0) is 12.8 Å². The Hall–Kier alpha value is -0.690. The molecule has 0 heterocycles. The van der Waals surface area contributed by atoms with E-state index in [0.717, 1.165) is 6.42 Å². The number of hydrogen-bond donors (Lipinski definition) is 3. The van der Waals surface area contributed by atoms with Gasteiger partial charge in [0, 0.05) is 33.7 Å². The predicted molar refractivity (Wildman–Crippen MR) is 64.6 cm³/mol. The minimum Gasteiger partial charge on any atom is -0.385 e. The summed E-state index contributed by atoms with van der Waals surface area (Å²) >= 11 is 0. The molecule has 0 rings (SSSR count). The van der Waals surface area contributed by atoms with E-state index in [9.17, 15) is 9.90 Å². The van der Waals surface area contributed by atoms with Crippen molar-refractivity contribution in [1.29, 1.82) is 0 Å². The van der Waals surface area contributed by atoms with E-state index < -0.39 is 6.23 Å². The second-order valence-corrected chi connectivity index (χ2v) is 3.64. The summed E-state index contributed by atoms with van der Waals surface area (Å²) in [7, 11) is 3.24. The Morgan fingerprint density at radius 2 is 2.12 bits per heavy atom. The summed E-state index contributed by atoms with van der Waals surface area (Å²) in [6.07, 6.45) is 1.33. The maximum Gasteiger partial charge on any atom is 0.222 e. The Kier molecular flexibility index (Phi) is 11.3. The molecule has 6 heteroatoms. The van der Waals surface area contributed by atoms with Crippen LogP contribution >= 0.6 is 0 Å². The van der Waals surface area contributed by atoms with Gasteiger partial charge in [0.2, 0.25) is 5.91 Å². The summed E-state index contributed by atoms with van der Waals surface area (Å²) in [6.45, 7) is 2.11. The Morgan fingerprint density at radius 3 is 2.76 bits per heavy atom. The summed E-state index contributed by atoms with van der Waals surface area (Å²) in [6, 6.07) is 0. The van der Waals surface area contributed by atoms with Gasteiger partial charge in [0.1, 0.15) is 6.23 Å². The van der Waals surface area contributed by atoms with Crippen LogP contribution in [0.25, 0.3) is 0 Å². The van der Waals surface area contributed by atoms with Crippen molar-refractivity contribution in [3.8, 4) is 0 Å². The van der Waals surface area contributed by atoms with Crippen molar-refractivity contribution in [3.05, 3.63) is 0 Å². The number of hydrogen-bond acceptors (Lipinski definition) is 5. The number of aliphatic hydroxyl groups is 1. The number of rotatable bonds is 11. The molecule has 1 atom stereocenters. The fraction of sp³-hybridized carbons (Fsp3) is 0.909. The summed E-state index contributed by atoms with van der Waals surface area (Å²) in [5.41, 5.74) is 0. The van der Waals surface area contributed by atoms with Crippen molar-refractivity contribution in [2.75, 3.05) is 40.5 Å². The van der Waals surface area contributed by atoms with Crippen LogP contribution in [0.5, 0.6) is 0 Å². The van der Waals surface area contributed by atoms with Crippen molar-refractivity contribution in [2.45, 2.75) is 25.5 Å². The van der Waals surface area contributed by atoms with Crippen LogP contribution < -0.4 is 10.6 Å². The zero-order valence-electron chi connectivity index (χ0n) is 10.7. The van der Waals surface area contributed by atoms with Crippen LogP contribution in [0, 0.1) is 0 Å². The second kappa shape index (κ2) is 11.8. The van der Waals surface area contributed by atoms with Crippen molar-refractivity contribution < 1.29 is 19.4 Å². The largest absolute Gasteiger partial charge is 0.385 e. The standard InChI is InChI=1S/C11H24N2O4/c1-12-10(14)5-8-17-9-6-13-11(15)4-3-7-16-2/h11,13,15H,3-9H2,1-2H3,(H,12,14). The molecule has 102 valence electrons. The van der Waals surface area contributed by atoms with Crippen molar-refractivity contribution in [3.63, 3.8) is 0 Å². The third-order valence-electron chi connectivity index (χ3n) is 2.20. The lowest BCUT2D eigenvalue weighted by atomic mass is 10.3. The molecule has 0 saturated heterocycles. The maximum absolute atomic E-state index is 10.8. The minimum absolute atomic E-state index is 0.0300. The van der Waals surface area contributed by atoms with Gasteiger partial charge in [0.15, 0.2) is 0 Å². The van der Waals surface area contributed by atoms with Crippen LogP contribution in [-0.2, 0) is 14.3 Å². The lowest BCUT2D eigenvalue weighted by Gasteiger charge is -2.12. The topological polar surface area (TPSA) is 79.8 Å². The predicted octanol–water partition coefficient (Wildman–Crippen LogP) is -0.526. The number of carbonyl (C=O) groups is 1. The van der Waals surface area contributed by atoms with Gasteiger partial charge in [-0.2, -0.15) is 0 Å². The van der Waals surface area contributed by atoms with Crippen LogP contribution in [0.1, 0.15) is 19.3 Å². The summed E-state index contributed by atoms with van der Waals surface area (Å²) in [4.78, 5) is 10.8. The van der Waals surface area contributed by atoms with Crippen molar-refractivity contribution in [1.82, 2.24) is 10.6 Å². The van der Waals surface area contributed by atoms with Gasteiger partial charge in [0.25, 0.3) is 0 Å². The average Bonchev–Trinajstić information content (AvgIpc) is 2.33. The normalized spacial score (nSPS) is 12.4. The van der Waals surface area contributed by atoms with Gasteiger partial charge in [-0.25, -0.2) is 0 Å². The molecule has 0 aliphatic carbocycles. The Morgan fingerprint density at radius 1 is 1.35 bits per heavy atom. The van der Waals surface area contributed by atoms with E-state index in [2.05, 4.69) is 10.6 Å². The molecule has 6 nitrogen and oxygen atoms in total. The lowest BCUT2D eigenvalue weighted by molar-refractivity contribution is -0.121. The molecular weight excluding hydrogens is 224 g/mol. The van der Waals surface area contributed by atoms with Crippen molar-refractivity contribution >= 4 is 5.91 Å². The first-order valence-electron chi connectivity index (χ1n) is 5.89. The van der Waals surface area contributed by atoms with E-state index in [1.807, 2.05) is 0 Å². The number of amides is 1. The average molecular weight is 248 g/mol. The highest BCUT2D eigenvalue weighted by atomic mass is 16.5. The molecule has 17 heavy (non-hydrogen) atoms. The Balaban J connectivity index is 3.18. The highest BCUT2D eigenvalue weighted by Crippen LogP contribution is 1.93. The molecular formula is C11H24N2O4. The van der Waals surface area contributed by atoms with E-state index in [0.29, 0.717) is 39.2 Å².